The minimum absolute atomic E-state index is 0.0289. The van der Waals surface area contributed by atoms with Crippen LogP contribution in [0.5, 0.6) is 11.5 Å². The molecule has 0 radical (unpaired) electrons. The van der Waals surface area contributed by atoms with Crippen molar-refractivity contribution in [2.24, 2.45) is 11.7 Å². The molecular formula is C15H22N2O3. The minimum Gasteiger partial charge on any atom is -0.496 e. The molecule has 1 fully saturated rings. The van der Waals surface area contributed by atoms with Crippen molar-refractivity contribution in [3.63, 3.8) is 0 Å². The molecule has 1 heterocycles. The summed E-state index contributed by atoms with van der Waals surface area (Å²) in [6.07, 6.45) is 1.98. The number of nitrogens with zero attached hydrogens (tertiary/aromatic N) is 1. The Morgan fingerprint density at radius 3 is 2.55 bits per heavy atom. The fourth-order valence-corrected chi connectivity index (χ4v) is 2.71. The van der Waals surface area contributed by atoms with Crippen molar-refractivity contribution >= 4 is 5.91 Å². The first kappa shape index (κ1) is 14.7. The number of hydrogen-bond donors (Lipinski definition) is 1. The van der Waals surface area contributed by atoms with Gasteiger partial charge < -0.3 is 20.1 Å². The van der Waals surface area contributed by atoms with Crippen LogP contribution in [0.1, 0.15) is 23.2 Å². The minimum atomic E-state index is -0.0289. The van der Waals surface area contributed by atoms with Gasteiger partial charge in [0.1, 0.15) is 17.1 Å². The van der Waals surface area contributed by atoms with Gasteiger partial charge >= 0.3 is 0 Å². The molecule has 0 saturated carbocycles. The van der Waals surface area contributed by atoms with E-state index >= 15 is 0 Å². The maximum atomic E-state index is 12.7. The molecular weight excluding hydrogens is 256 g/mol. The van der Waals surface area contributed by atoms with Crippen molar-refractivity contribution in [1.82, 2.24) is 4.90 Å². The Balaban J connectivity index is 2.21. The average Bonchev–Trinajstić information content (AvgIpc) is 2.94. The van der Waals surface area contributed by atoms with E-state index in [0.29, 0.717) is 29.5 Å². The SMILES string of the molecule is COc1cccc(OC)c1C(=O)N1CCC(CCN)C1. The van der Waals surface area contributed by atoms with Gasteiger partial charge in [0.25, 0.3) is 5.91 Å². The number of ether oxygens (including phenoxy) is 2. The van der Waals surface area contributed by atoms with Gasteiger partial charge in [0.2, 0.25) is 0 Å². The highest BCUT2D eigenvalue weighted by Crippen LogP contribution is 2.31. The number of amides is 1. The number of carbonyl (C=O) groups is 1. The van der Waals surface area contributed by atoms with E-state index in [1.54, 1.807) is 26.4 Å². The summed E-state index contributed by atoms with van der Waals surface area (Å²) in [6.45, 7) is 2.20. The zero-order chi connectivity index (χ0) is 14.5. The Morgan fingerprint density at radius 2 is 2.00 bits per heavy atom. The first-order valence-corrected chi connectivity index (χ1v) is 6.91. The Morgan fingerprint density at radius 1 is 1.35 bits per heavy atom. The third kappa shape index (κ3) is 2.88. The maximum Gasteiger partial charge on any atom is 0.261 e. The van der Waals surface area contributed by atoms with Crippen LogP contribution < -0.4 is 15.2 Å². The summed E-state index contributed by atoms with van der Waals surface area (Å²) in [5.74, 6) is 1.58. The number of benzene rings is 1. The standard InChI is InChI=1S/C15H22N2O3/c1-19-12-4-3-5-13(20-2)14(12)15(18)17-9-7-11(10-17)6-8-16/h3-5,11H,6-10,16H2,1-2H3. The lowest BCUT2D eigenvalue weighted by molar-refractivity contribution is 0.0779. The van der Waals surface area contributed by atoms with Gasteiger partial charge in [-0.05, 0) is 37.4 Å². The highest BCUT2D eigenvalue weighted by molar-refractivity contribution is 5.99. The van der Waals surface area contributed by atoms with Crippen LogP contribution in [0, 0.1) is 5.92 Å². The van der Waals surface area contributed by atoms with Crippen molar-refractivity contribution in [3.05, 3.63) is 23.8 Å². The summed E-state index contributed by atoms with van der Waals surface area (Å²) in [6, 6.07) is 5.38. The normalized spacial score (nSPS) is 18.1. The number of likely N-dealkylation sites (tertiary alicyclic amines) is 1. The van der Waals surface area contributed by atoms with E-state index in [9.17, 15) is 4.79 Å². The second-order valence-electron chi connectivity index (χ2n) is 5.02. The highest BCUT2D eigenvalue weighted by atomic mass is 16.5. The molecule has 1 aliphatic rings. The zero-order valence-electron chi connectivity index (χ0n) is 12.1. The molecule has 0 aromatic heterocycles. The number of rotatable bonds is 5. The van der Waals surface area contributed by atoms with Crippen molar-refractivity contribution in [2.75, 3.05) is 33.9 Å². The largest absolute Gasteiger partial charge is 0.496 e. The van der Waals surface area contributed by atoms with Crippen LogP contribution in [0.2, 0.25) is 0 Å². The van der Waals surface area contributed by atoms with E-state index in [4.69, 9.17) is 15.2 Å². The summed E-state index contributed by atoms with van der Waals surface area (Å²) < 4.78 is 10.6. The van der Waals surface area contributed by atoms with Crippen LogP contribution >= 0.6 is 0 Å². The van der Waals surface area contributed by atoms with Gasteiger partial charge in [-0.1, -0.05) is 6.07 Å². The van der Waals surface area contributed by atoms with E-state index in [1.807, 2.05) is 11.0 Å². The number of nitrogens with two attached hydrogens (primary N) is 1. The van der Waals surface area contributed by atoms with Gasteiger partial charge in [-0.3, -0.25) is 4.79 Å². The second-order valence-corrected chi connectivity index (χ2v) is 5.02. The third-order valence-corrected chi connectivity index (χ3v) is 3.79. The third-order valence-electron chi connectivity index (χ3n) is 3.79. The fourth-order valence-electron chi connectivity index (χ4n) is 2.71. The van der Waals surface area contributed by atoms with Crippen LogP contribution in [0.25, 0.3) is 0 Å². The lowest BCUT2D eigenvalue weighted by atomic mass is 10.1. The molecule has 1 atom stereocenters. The fraction of sp³-hybridized carbons (Fsp3) is 0.533. The van der Waals surface area contributed by atoms with Crippen molar-refractivity contribution in [2.45, 2.75) is 12.8 Å². The van der Waals surface area contributed by atoms with Crippen LogP contribution in [0.3, 0.4) is 0 Å². The summed E-state index contributed by atoms with van der Waals surface area (Å²) in [5, 5.41) is 0. The topological polar surface area (TPSA) is 64.8 Å². The molecule has 5 nitrogen and oxygen atoms in total. The van der Waals surface area contributed by atoms with Crippen molar-refractivity contribution < 1.29 is 14.3 Å². The Hall–Kier alpha value is -1.75. The van der Waals surface area contributed by atoms with Gasteiger partial charge in [0, 0.05) is 13.1 Å². The summed E-state index contributed by atoms with van der Waals surface area (Å²) in [5.41, 5.74) is 6.09. The molecule has 1 aromatic rings. The van der Waals surface area contributed by atoms with E-state index in [0.717, 1.165) is 25.9 Å². The molecule has 1 saturated heterocycles. The molecule has 0 aliphatic carbocycles. The molecule has 2 N–H and O–H groups in total. The van der Waals surface area contributed by atoms with Gasteiger partial charge in [0.15, 0.2) is 0 Å². The lowest BCUT2D eigenvalue weighted by Crippen LogP contribution is -2.29. The molecule has 20 heavy (non-hydrogen) atoms. The molecule has 0 bridgehead atoms. The molecule has 5 heteroatoms. The predicted octanol–water partition coefficient (Wildman–Crippen LogP) is 1.51. The zero-order valence-corrected chi connectivity index (χ0v) is 12.1. The molecule has 110 valence electrons. The van der Waals surface area contributed by atoms with E-state index in [2.05, 4.69) is 0 Å². The maximum absolute atomic E-state index is 12.7. The van der Waals surface area contributed by atoms with Gasteiger partial charge in [-0.15, -0.1) is 0 Å². The number of methoxy groups -OCH3 is 2. The van der Waals surface area contributed by atoms with Crippen molar-refractivity contribution in [1.29, 1.82) is 0 Å². The number of hydrogen-bond acceptors (Lipinski definition) is 4. The summed E-state index contributed by atoms with van der Waals surface area (Å²) in [7, 11) is 3.12. The van der Waals surface area contributed by atoms with Crippen molar-refractivity contribution in [3.8, 4) is 11.5 Å². The molecule has 1 aromatic carbocycles. The van der Waals surface area contributed by atoms with E-state index in [-0.39, 0.29) is 5.91 Å². The highest BCUT2D eigenvalue weighted by Gasteiger charge is 2.29. The number of carbonyl (C=O) groups excluding carboxylic acids is 1. The quantitative estimate of drug-likeness (QED) is 0.887. The smallest absolute Gasteiger partial charge is 0.261 e. The van der Waals surface area contributed by atoms with Crippen LogP contribution in [0.4, 0.5) is 0 Å². The molecule has 2 rings (SSSR count). The monoisotopic (exact) mass is 278 g/mol. The van der Waals surface area contributed by atoms with Crippen LogP contribution in [-0.4, -0.2) is 44.7 Å². The summed E-state index contributed by atoms with van der Waals surface area (Å²) >= 11 is 0. The first-order valence-electron chi connectivity index (χ1n) is 6.91. The van der Waals surface area contributed by atoms with E-state index in [1.165, 1.54) is 0 Å². The Kier molecular flexibility index (Phi) is 4.84. The van der Waals surface area contributed by atoms with E-state index < -0.39 is 0 Å². The lowest BCUT2D eigenvalue weighted by Gasteiger charge is -2.19. The summed E-state index contributed by atoms with van der Waals surface area (Å²) in [4.78, 5) is 14.6. The van der Waals surface area contributed by atoms with Gasteiger partial charge in [-0.2, -0.15) is 0 Å². The molecule has 1 unspecified atom stereocenters. The molecule has 1 amide bonds. The Bertz CT molecular complexity index is 454. The predicted molar refractivity (Wildman–Crippen MR) is 77.2 cm³/mol. The second kappa shape index (κ2) is 6.61. The van der Waals surface area contributed by atoms with Crippen LogP contribution in [-0.2, 0) is 0 Å². The van der Waals surface area contributed by atoms with Gasteiger partial charge in [-0.25, -0.2) is 0 Å². The first-order chi connectivity index (χ1) is 9.71. The van der Waals surface area contributed by atoms with Crippen LogP contribution in [0.15, 0.2) is 18.2 Å². The Labute approximate surface area is 119 Å². The van der Waals surface area contributed by atoms with Gasteiger partial charge in [0.05, 0.1) is 14.2 Å². The molecule has 1 aliphatic heterocycles. The average molecular weight is 278 g/mol. The molecule has 0 spiro atoms.